The van der Waals surface area contributed by atoms with Crippen molar-refractivity contribution >= 4 is 93.8 Å². The van der Waals surface area contributed by atoms with Crippen LogP contribution in [0.5, 0.6) is 0 Å². The van der Waals surface area contributed by atoms with E-state index < -0.39 is 0 Å². The molecule has 0 aliphatic rings. The van der Waals surface area contributed by atoms with E-state index in [9.17, 15) is 9.59 Å². The lowest BCUT2D eigenvalue weighted by Crippen LogP contribution is -2.27. The van der Waals surface area contributed by atoms with Crippen LogP contribution in [0.25, 0.3) is 0 Å². The van der Waals surface area contributed by atoms with E-state index in [0.29, 0.717) is 47.9 Å². The molecule has 0 unspecified atom stereocenters. The number of carbonyl (C=O) groups is 2. The molecule has 0 heterocycles. The van der Waals surface area contributed by atoms with Crippen molar-refractivity contribution < 1.29 is 9.59 Å². The average molecular weight is 663 g/mol. The van der Waals surface area contributed by atoms with Gasteiger partial charge in [-0.15, -0.1) is 46.4 Å². The Hall–Kier alpha value is -2.17. The van der Waals surface area contributed by atoms with Crippen molar-refractivity contribution in [3.63, 3.8) is 0 Å². The molecule has 2 amide bonds. The lowest BCUT2D eigenvalue weighted by atomic mass is 10.2. The summed E-state index contributed by atoms with van der Waals surface area (Å²) in [5.74, 6) is 2.88. The standard InChI is InChI=1S/C28H36Cl4N6O2S/c29-11-15-37(16-12-30)25-5-1-23(2-6-25)21-33-35-27(39)9-19-41-20-10-28(40)36-34-22-24-3-7-26(8-4-24)38(17-13-31)18-14-32/h1-8,21-22H,9-20H2,(H,35,39)(H,36,40)/b33-21-,34-22+. The molecule has 0 saturated heterocycles. The highest BCUT2D eigenvalue weighted by Gasteiger charge is 2.07. The highest BCUT2D eigenvalue weighted by atomic mass is 35.5. The van der Waals surface area contributed by atoms with Crippen molar-refractivity contribution in [2.75, 3.05) is 71.0 Å². The number of carbonyl (C=O) groups excluding carboxylic acids is 2. The third kappa shape index (κ3) is 14.5. The molecule has 0 aromatic heterocycles. The van der Waals surface area contributed by atoms with Gasteiger partial charge in [-0.2, -0.15) is 22.0 Å². The third-order valence-corrected chi connectivity index (χ3v) is 7.35. The van der Waals surface area contributed by atoms with Gasteiger partial charge < -0.3 is 9.80 Å². The largest absolute Gasteiger partial charge is 0.369 e. The Labute approximate surface area is 266 Å². The Morgan fingerprint density at radius 3 is 1.29 bits per heavy atom. The van der Waals surface area contributed by atoms with Crippen LogP contribution in [0.4, 0.5) is 11.4 Å². The Morgan fingerprint density at radius 1 is 0.634 bits per heavy atom. The molecule has 0 aliphatic carbocycles. The molecule has 2 rings (SSSR count). The summed E-state index contributed by atoms with van der Waals surface area (Å²) in [5, 5.41) is 8.04. The summed E-state index contributed by atoms with van der Waals surface area (Å²) in [4.78, 5) is 28.3. The Bertz CT molecular complexity index is 992. The number of amides is 2. The Kier molecular flexibility index (Phi) is 18.4. The number of thioether (sulfide) groups is 1. The van der Waals surface area contributed by atoms with Crippen molar-refractivity contribution in [1.29, 1.82) is 0 Å². The Balaban J connectivity index is 1.61. The van der Waals surface area contributed by atoms with Crippen molar-refractivity contribution in [3.8, 4) is 0 Å². The summed E-state index contributed by atoms with van der Waals surface area (Å²) in [6, 6.07) is 15.6. The van der Waals surface area contributed by atoms with Gasteiger partial charge in [0.15, 0.2) is 0 Å². The van der Waals surface area contributed by atoms with Gasteiger partial charge in [-0.25, -0.2) is 10.9 Å². The second-order valence-electron chi connectivity index (χ2n) is 8.61. The summed E-state index contributed by atoms with van der Waals surface area (Å²) >= 11 is 25.0. The summed E-state index contributed by atoms with van der Waals surface area (Å²) in [7, 11) is 0. The molecular formula is C28H36Cl4N6O2S. The zero-order valence-corrected chi connectivity index (χ0v) is 26.6. The molecule has 41 heavy (non-hydrogen) atoms. The quantitative estimate of drug-likeness (QED) is 0.0863. The molecule has 2 aromatic rings. The maximum absolute atomic E-state index is 12.0. The van der Waals surface area contributed by atoms with Crippen LogP contribution in [-0.2, 0) is 9.59 Å². The predicted molar refractivity (Wildman–Crippen MR) is 178 cm³/mol. The van der Waals surface area contributed by atoms with Crippen molar-refractivity contribution in [2.45, 2.75) is 12.8 Å². The third-order valence-electron chi connectivity index (χ3n) is 5.69. The number of hydrazone groups is 2. The molecule has 0 atom stereocenters. The number of anilines is 2. The molecule has 8 nitrogen and oxygen atoms in total. The first-order valence-electron chi connectivity index (χ1n) is 13.2. The predicted octanol–water partition coefficient (Wildman–Crippen LogP) is 5.37. The smallest absolute Gasteiger partial charge is 0.240 e. The van der Waals surface area contributed by atoms with E-state index >= 15 is 0 Å². The summed E-state index contributed by atoms with van der Waals surface area (Å²) in [6.07, 6.45) is 3.80. The van der Waals surface area contributed by atoms with E-state index in [1.165, 1.54) is 11.8 Å². The molecule has 0 saturated carbocycles. The van der Waals surface area contributed by atoms with Crippen LogP contribution in [0.15, 0.2) is 58.7 Å². The minimum absolute atomic E-state index is 0.186. The van der Waals surface area contributed by atoms with Gasteiger partial charge in [0.1, 0.15) is 0 Å². The van der Waals surface area contributed by atoms with Gasteiger partial charge in [-0.1, -0.05) is 24.3 Å². The van der Waals surface area contributed by atoms with Crippen molar-refractivity contribution in [3.05, 3.63) is 59.7 Å². The summed E-state index contributed by atoms with van der Waals surface area (Å²) in [6.45, 7) is 2.87. The van der Waals surface area contributed by atoms with E-state index in [4.69, 9.17) is 46.4 Å². The van der Waals surface area contributed by atoms with Gasteiger partial charge in [0.2, 0.25) is 11.8 Å². The van der Waals surface area contributed by atoms with E-state index in [0.717, 1.165) is 48.7 Å². The fourth-order valence-electron chi connectivity index (χ4n) is 3.59. The summed E-state index contributed by atoms with van der Waals surface area (Å²) in [5.41, 5.74) is 8.86. The molecular weight excluding hydrogens is 626 g/mol. The number of benzene rings is 2. The van der Waals surface area contributed by atoms with E-state index in [-0.39, 0.29) is 11.8 Å². The second kappa shape index (κ2) is 21.5. The van der Waals surface area contributed by atoms with Crippen LogP contribution in [0.1, 0.15) is 24.0 Å². The zero-order valence-electron chi connectivity index (χ0n) is 22.8. The van der Waals surface area contributed by atoms with E-state index in [1.807, 2.05) is 48.5 Å². The number of hydrogen-bond donors (Lipinski definition) is 2. The SMILES string of the molecule is O=C(CCSCCC(=O)N/N=C/c1ccc(N(CCCl)CCCl)cc1)N/N=C\c1ccc(N(CCCl)CCCl)cc1. The first kappa shape index (κ1) is 35.0. The van der Waals surface area contributed by atoms with E-state index in [1.54, 1.807) is 12.4 Å². The van der Waals surface area contributed by atoms with Crippen molar-refractivity contribution in [1.82, 2.24) is 10.9 Å². The van der Waals surface area contributed by atoms with E-state index in [2.05, 4.69) is 30.9 Å². The highest BCUT2D eigenvalue weighted by molar-refractivity contribution is 7.99. The molecule has 0 fully saturated rings. The molecule has 0 bridgehead atoms. The average Bonchev–Trinajstić information content (AvgIpc) is 2.97. The van der Waals surface area contributed by atoms with Gasteiger partial charge in [0.05, 0.1) is 12.4 Å². The normalized spacial score (nSPS) is 11.2. The van der Waals surface area contributed by atoms with Gasteiger partial charge in [0.25, 0.3) is 0 Å². The number of rotatable bonds is 20. The molecule has 2 aromatic carbocycles. The van der Waals surface area contributed by atoms with Crippen molar-refractivity contribution in [2.24, 2.45) is 10.2 Å². The topological polar surface area (TPSA) is 89.4 Å². The van der Waals surface area contributed by atoms with Gasteiger partial charge in [0, 0.05) is 85.4 Å². The highest BCUT2D eigenvalue weighted by Crippen LogP contribution is 2.16. The molecule has 0 aliphatic heterocycles. The van der Waals surface area contributed by atoms with Gasteiger partial charge in [-0.05, 0) is 35.4 Å². The Morgan fingerprint density at radius 2 is 0.976 bits per heavy atom. The minimum Gasteiger partial charge on any atom is -0.369 e. The monoisotopic (exact) mass is 660 g/mol. The maximum atomic E-state index is 12.0. The number of hydrogen-bond acceptors (Lipinski definition) is 7. The minimum atomic E-state index is -0.186. The lowest BCUT2D eigenvalue weighted by Gasteiger charge is -2.22. The van der Waals surface area contributed by atoms with Crippen LogP contribution < -0.4 is 20.7 Å². The number of nitrogens with one attached hydrogen (secondary N) is 2. The number of halogens is 4. The van der Waals surface area contributed by atoms with Crippen LogP contribution in [-0.4, -0.2) is 85.4 Å². The van der Waals surface area contributed by atoms with Crippen LogP contribution in [0.3, 0.4) is 0 Å². The first-order valence-corrected chi connectivity index (χ1v) is 16.5. The fourth-order valence-corrected chi connectivity index (χ4v) is 5.27. The molecule has 13 heteroatoms. The molecule has 2 N–H and O–H groups in total. The molecule has 0 spiro atoms. The number of alkyl halides is 4. The fraction of sp³-hybridized carbons (Fsp3) is 0.429. The zero-order chi connectivity index (χ0) is 29.7. The van der Waals surface area contributed by atoms with Crippen LogP contribution in [0, 0.1) is 0 Å². The molecule has 224 valence electrons. The first-order chi connectivity index (χ1) is 20.0. The number of nitrogens with zero attached hydrogens (tertiary/aromatic N) is 4. The van der Waals surface area contributed by atoms with Gasteiger partial charge >= 0.3 is 0 Å². The molecule has 0 radical (unpaired) electrons. The second-order valence-corrected chi connectivity index (χ2v) is 11.3. The lowest BCUT2D eigenvalue weighted by molar-refractivity contribution is -0.121. The van der Waals surface area contributed by atoms with Crippen LogP contribution in [0.2, 0.25) is 0 Å². The summed E-state index contributed by atoms with van der Waals surface area (Å²) < 4.78 is 0. The van der Waals surface area contributed by atoms with Gasteiger partial charge in [-0.3, -0.25) is 9.59 Å². The maximum Gasteiger partial charge on any atom is 0.240 e. The van der Waals surface area contributed by atoms with Crippen LogP contribution >= 0.6 is 58.2 Å².